The van der Waals surface area contributed by atoms with Crippen LogP contribution < -0.4 is 10.5 Å². The monoisotopic (exact) mass is 237 g/mol. The van der Waals surface area contributed by atoms with Gasteiger partial charge >= 0.3 is 12.1 Å². The SMILES string of the molecule is COc1ccc(N)cc1.O=C(O)C(F)(F)F. The number of rotatable bonds is 1. The Hall–Kier alpha value is -1.92. The van der Waals surface area contributed by atoms with Crippen molar-refractivity contribution in [3.05, 3.63) is 24.3 Å². The number of carboxylic acid groups (broad SMARTS) is 1. The molecule has 4 nitrogen and oxygen atoms in total. The fourth-order valence-corrected chi connectivity index (χ4v) is 0.604. The normalized spacial score (nSPS) is 10.0. The number of benzene rings is 1. The van der Waals surface area contributed by atoms with Gasteiger partial charge < -0.3 is 15.6 Å². The van der Waals surface area contributed by atoms with Gasteiger partial charge in [0.15, 0.2) is 0 Å². The van der Waals surface area contributed by atoms with E-state index in [-0.39, 0.29) is 0 Å². The number of carboxylic acids is 1. The van der Waals surface area contributed by atoms with Crippen molar-refractivity contribution < 1.29 is 27.8 Å². The Morgan fingerprint density at radius 3 is 1.94 bits per heavy atom. The highest BCUT2D eigenvalue weighted by Gasteiger charge is 2.38. The summed E-state index contributed by atoms with van der Waals surface area (Å²) in [5, 5.41) is 7.12. The zero-order valence-electron chi connectivity index (χ0n) is 8.28. The summed E-state index contributed by atoms with van der Waals surface area (Å²) >= 11 is 0. The van der Waals surface area contributed by atoms with Crippen molar-refractivity contribution in [3.63, 3.8) is 0 Å². The third-order valence-electron chi connectivity index (χ3n) is 1.36. The van der Waals surface area contributed by atoms with E-state index >= 15 is 0 Å². The van der Waals surface area contributed by atoms with Crippen LogP contribution in [0.1, 0.15) is 0 Å². The van der Waals surface area contributed by atoms with Gasteiger partial charge in [-0.05, 0) is 24.3 Å². The molecule has 0 unspecified atom stereocenters. The van der Waals surface area contributed by atoms with Crippen LogP contribution in [0.15, 0.2) is 24.3 Å². The van der Waals surface area contributed by atoms with E-state index in [0.717, 1.165) is 11.4 Å². The van der Waals surface area contributed by atoms with Crippen molar-refractivity contribution in [1.82, 2.24) is 0 Å². The zero-order valence-corrected chi connectivity index (χ0v) is 8.28. The van der Waals surface area contributed by atoms with E-state index in [1.165, 1.54) is 0 Å². The van der Waals surface area contributed by atoms with E-state index in [4.69, 9.17) is 20.4 Å². The molecule has 1 rings (SSSR count). The number of alkyl halides is 3. The van der Waals surface area contributed by atoms with Gasteiger partial charge in [0.1, 0.15) is 5.75 Å². The van der Waals surface area contributed by atoms with Crippen molar-refractivity contribution in [2.75, 3.05) is 12.8 Å². The number of anilines is 1. The number of halogens is 3. The molecule has 0 aliphatic carbocycles. The van der Waals surface area contributed by atoms with Crippen molar-refractivity contribution in [3.8, 4) is 5.75 Å². The third kappa shape index (κ3) is 5.74. The van der Waals surface area contributed by atoms with Crippen LogP contribution >= 0.6 is 0 Å². The average Bonchev–Trinajstić information content (AvgIpc) is 2.18. The van der Waals surface area contributed by atoms with Gasteiger partial charge in [-0.3, -0.25) is 0 Å². The molecule has 16 heavy (non-hydrogen) atoms. The Kier molecular flexibility index (Phi) is 5.14. The molecule has 0 heterocycles. The summed E-state index contributed by atoms with van der Waals surface area (Å²) in [5.41, 5.74) is 6.19. The number of carbonyl (C=O) groups is 1. The lowest BCUT2D eigenvalue weighted by Gasteiger charge is -1.97. The first kappa shape index (κ1) is 14.1. The van der Waals surface area contributed by atoms with Crippen LogP contribution in [0.3, 0.4) is 0 Å². The fourth-order valence-electron chi connectivity index (χ4n) is 0.604. The first-order valence-electron chi connectivity index (χ1n) is 3.97. The number of nitrogen functional groups attached to an aromatic ring is 1. The molecule has 0 aliphatic heterocycles. The summed E-state index contributed by atoms with van der Waals surface area (Å²) in [6.45, 7) is 0. The Morgan fingerprint density at radius 1 is 1.31 bits per heavy atom. The first-order chi connectivity index (χ1) is 7.27. The third-order valence-corrected chi connectivity index (χ3v) is 1.36. The van der Waals surface area contributed by atoms with E-state index in [1.54, 1.807) is 19.2 Å². The molecule has 90 valence electrons. The maximum Gasteiger partial charge on any atom is 0.490 e. The number of hydrogen-bond donors (Lipinski definition) is 2. The highest BCUT2D eigenvalue weighted by atomic mass is 19.4. The minimum absolute atomic E-state index is 0.760. The number of hydrogen-bond acceptors (Lipinski definition) is 3. The van der Waals surface area contributed by atoms with E-state index in [0.29, 0.717) is 0 Å². The van der Waals surface area contributed by atoms with Gasteiger partial charge in [-0.2, -0.15) is 13.2 Å². The van der Waals surface area contributed by atoms with Crippen LogP contribution in [-0.4, -0.2) is 24.4 Å². The quantitative estimate of drug-likeness (QED) is 0.732. The van der Waals surface area contributed by atoms with E-state index in [1.807, 2.05) is 12.1 Å². The molecule has 0 spiro atoms. The highest BCUT2D eigenvalue weighted by molar-refractivity contribution is 5.73. The molecule has 1 aromatic rings. The van der Waals surface area contributed by atoms with E-state index in [9.17, 15) is 13.2 Å². The Balaban J connectivity index is 0.000000293. The molecule has 3 N–H and O–H groups in total. The fraction of sp³-hybridized carbons (Fsp3) is 0.222. The van der Waals surface area contributed by atoms with Crippen LogP contribution in [0.25, 0.3) is 0 Å². The number of methoxy groups -OCH3 is 1. The van der Waals surface area contributed by atoms with Gasteiger partial charge in [0.05, 0.1) is 7.11 Å². The lowest BCUT2D eigenvalue weighted by atomic mass is 10.3. The predicted octanol–water partition coefficient (Wildman–Crippen LogP) is 1.91. The summed E-state index contributed by atoms with van der Waals surface area (Å²) in [5.74, 6) is -1.92. The summed E-state index contributed by atoms with van der Waals surface area (Å²) in [6, 6.07) is 7.27. The minimum atomic E-state index is -5.08. The molecule has 0 bridgehead atoms. The van der Waals surface area contributed by atoms with Crippen molar-refractivity contribution >= 4 is 11.7 Å². The smallest absolute Gasteiger partial charge is 0.490 e. The molecule has 7 heteroatoms. The Morgan fingerprint density at radius 2 is 1.69 bits per heavy atom. The van der Waals surface area contributed by atoms with E-state index in [2.05, 4.69) is 0 Å². The second-order valence-corrected chi connectivity index (χ2v) is 2.58. The van der Waals surface area contributed by atoms with Gasteiger partial charge in [0, 0.05) is 5.69 Å². The summed E-state index contributed by atoms with van der Waals surface area (Å²) in [7, 11) is 1.63. The molecule has 0 amide bonds. The van der Waals surface area contributed by atoms with Gasteiger partial charge in [-0.1, -0.05) is 0 Å². The lowest BCUT2D eigenvalue weighted by molar-refractivity contribution is -0.192. The standard InChI is InChI=1S/C7H9NO.C2HF3O2/c1-9-7-4-2-6(8)3-5-7;3-2(4,5)1(6)7/h2-5H,8H2,1H3;(H,6,7). The van der Waals surface area contributed by atoms with E-state index < -0.39 is 12.1 Å². The molecule has 0 fully saturated rings. The van der Waals surface area contributed by atoms with Gasteiger partial charge in [-0.25, -0.2) is 4.79 Å². The second kappa shape index (κ2) is 5.84. The largest absolute Gasteiger partial charge is 0.497 e. The molecule has 0 saturated heterocycles. The van der Waals surface area contributed by atoms with Crippen LogP contribution in [0, 0.1) is 0 Å². The Labute approximate surface area is 89.4 Å². The van der Waals surface area contributed by atoms with Gasteiger partial charge in [0.25, 0.3) is 0 Å². The first-order valence-corrected chi connectivity index (χ1v) is 3.97. The lowest BCUT2D eigenvalue weighted by Crippen LogP contribution is -2.21. The number of aliphatic carboxylic acids is 1. The summed E-state index contributed by atoms with van der Waals surface area (Å²) in [4.78, 5) is 8.90. The van der Waals surface area contributed by atoms with Crippen LogP contribution in [0.5, 0.6) is 5.75 Å². The van der Waals surface area contributed by atoms with Gasteiger partial charge in [0.2, 0.25) is 0 Å². The maximum atomic E-state index is 10.6. The molecule has 0 aromatic heterocycles. The molecule has 0 atom stereocenters. The predicted molar refractivity (Wildman–Crippen MR) is 51.1 cm³/mol. The molecule has 0 radical (unpaired) electrons. The topological polar surface area (TPSA) is 72.5 Å². The minimum Gasteiger partial charge on any atom is -0.497 e. The molecule has 0 saturated carbocycles. The van der Waals surface area contributed by atoms with Crippen LogP contribution in [0.2, 0.25) is 0 Å². The summed E-state index contributed by atoms with van der Waals surface area (Å²) in [6.07, 6.45) is -5.08. The van der Waals surface area contributed by atoms with Crippen molar-refractivity contribution in [2.24, 2.45) is 0 Å². The summed E-state index contributed by atoms with van der Waals surface area (Å²) < 4.78 is 36.6. The van der Waals surface area contributed by atoms with Crippen molar-refractivity contribution in [2.45, 2.75) is 6.18 Å². The molecular formula is C9H10F3NO3. The number of nitrogens with two attached hydrogens (primary N) is 1. The number of ether oxygens (including phenoxy) is 1. The van der Waals surface area contributed by atoms with Gasteiger partial charge in [-0.15, -0.1) is 0 Å². The van der Waals surface area contributed by atoms with Crippen LogP contribution in [-0.2, 0) is 4.79 Å². The molecule has 0 aliphatic rings. The molecular weight excluding hydrogens is 227 g/mol. The van der Waals surface area contributed by atoms with Crippen molar-refractivity contribution in [1.29, 1.82) is 0 Å². The Bertz CT molecular complexity index is 335. The second-order valence-electron chi connectivity index (χ2n) is 2.58. The molecule has 1 aromatic carbocycles. The van der Waals surface area contributed by atoms with Crippen LogP contribution in [0.4, 0.5) is 18.9 Å². The zero-order chi connectivity index (χ0) is 12.8. The highest BCUT2D eigenvalue weighted by Crippen LogP contribution is 2.13. The average molecular weight is 237 g/mol. The maximum absolute atomic E-state index is 10.6.